The molecule has 0 saturated heterocycles. The summed E-state index contributed by atoms with van der Waals surface area (Å²) in [5, 5.41) is 43.2. The van der Waals surface area contributed by atoms with E-state index in [0.29, 0.717) is 0 Å². The van der Waals surface area contributed by atoms with Gasteiger partial charge in [0.15, 0.2) is 12.4 Å². The van der Waals surface area contributed by atoms with E-state index in [1.165, 1.54) is 0 Å². The molecule has 1 amide bonds. The van der Waals surface area contributed by atoms with Crippen molar-refractivity contribution in [1.29, 1.82) is 0 Å². The Morgan fingerprint density at radius 1 is 1.06 bits per heavy atom. The Bertz CT molecular complexity index is 232. The number of hydrogen-bond donors (Lipinski definition) is 6. The summed E-state index contributed by atoms with van der Waals surface area (Å²) in [4.78, 5) is 28.5. The first-order valence-electron chi connectivity index (χ1n) is 3.89. The maximum absolute atomic E-state index is 10.1. The molecule has 4 unspecified atom stereocenters. The average Bonchev–Trinajstić information content (AvgIpc) is 2.25. The molecule has 7 N–H and O–H groups in total. The molecule has 9 nitrogen and oxygen atoms in total. The number of aliphatic carboxylic acids is 1. The largest absolute Gasteiger partial charge is 0.479 e. The van der Waals surface area contributed by atoms with Gasteiger partial charge in [0, 0.05) is 0 Å². The lowest BCUT2D eigenvalue weighted by molar-refractivity contribution is -0.163. The fraction of sp³-hybridized carbons (Fsp3) is 0.571. The summed E-state index contributed by atoms with van der Waals surface area (Å²) in [5.74, 6) is -1.76. The molecule has 0 rings (SSSR count). The van der Waals surface area contributed by atoms with Gasteiger partial charge in [0.05, 0.1) is 0 Å². The second-order valence-electron chi connectivity index (χ2n) is 2.53. The molecule has 94 valence electrons. The number of hydrogen-bond acceptors (Lipinski definition) is 7. The molecule has 0 aliphatic carbocycles. The van der Waals surface area contributed by atoms with E-state index in [9.17, 15) is 9.59 Å². The molecule has 0 heterocycles. The van der Waals surface area contributed by atoms with Crippen molar-refractivity contribution in [2.75, 3.05) is 0 Å². The number of amides is 1. The molecule has 0 saturated carbocycles. The first-order chi connectivity index (χ1) is 7.33. The molecule has 16 heavy (non-hydrogen) atoms. The van der Waals surface area contributed by atoms with E-state index in [-0.39, 0.29) is 12.7 Å². The molecular formula is C7H13NO8. The van der Waals surface area contributed by atoms with E-state index in [1.807, 2.05) is 0 Å². The number of aliphatic hydroxyl groups excluding tert-OH is 4. The molecule has 0 spiro atoms. The van der Waals surface area contributed by atoms with Gasteiger partial charge < -0.3 is 36.1 Å². The summed E-state index contributed by atoms with van der Waals surface area (Å²) in [5.41, 5.74) is 4.17. The third-order valence-electron chi connectivity index (χ3n) is 1.42. The molecule has 0 fully saturated rings. The zero-order valence-corrected chi connectivity index (χ0v) is 8.00. The summed E-state index contributed by atoms with van der Waals surface area (Å²) >= 11 is 0. The molecule has 0 aromatic rings. The molecule has 0 bridgehead atoms. The zero-order valence-electron chi connectivity index (χ0n) is 8.00. The van der Waals surface area contributed by atoms with E-state index in [0.717, 1.165) is 0 Å². The van der Waals surface area contributed by atoms with Crippen molar-refractivity contribution in [3.05, 3.63) is 0 Å². The monoisotopic (exact) mass is 239 g/mol. The van der Waals surface area contributed by atoms with Crippen molar-refractivity contribution in [1.82, 2.24) is 0 Å². The fourth-order valence-electron chi connectivity index (χ4n) is 0.615. The van der Waals surface area contributed by atoms with Crippen LogP contribution in [0.25, 0.3) is 0 Å². The standard InChI is InChI=1S/C6H10O7.CH3NO/c7-1-2(8)3(9)4(10)5(11)6(12)13;2-1-3/h1-5,8-11H,(H,12,13);1H,(H2,2,3). The third-order valence-corrected chi connectivity index (χ3v) is 1.42. The summed E-state index contributed by atoms with van der Waals surface area (Å²) < 4.78 is 0. The highest BCUT2D eigenvalue weighted by Crippen LogP contribution is 2.03. The molecule has 0 aromatic carbocycles. The number of aldehydes is 1. The first kappa shape index (κ1) is 16.9. The van der Waals surface area contributed by atoms with Crippen LogP contribution in [0, 0.1) is 0 Å². The molecular weight excluding hydrogens is 226 g/mol. The van der Waals surface area contributed by atoms with Crippen molar-refractivity contribution in [2.24, 2.45) is 5.73 Å². The van der Waals surface area contributed by atoms with Crippen molar-refractivity contribution >= 4 is 18.7 Å². The highest BCUT2D eigenvalue weighted by Gasteiger charge is 2.33. The van der Waals surface area contributed by atoms with Crippen LogP contribution in [0.2, 0.25) is 0 Å². The van der Waals surface area contributed by atoms with E-state index >= 15 is 0 Å². The van der Waals surface area contributed by atoms with Crippen LogP contribution in [0.5, 0.6) is 0 Å². The van der Waals surface area contributed by atoms with Crippen LogP contribution in [-0.4, -0.2) is 68.6 Å². The van der Waals surface area contributed by atoms with Gasteiger partial charge in [-0.05, 0) is 0 Å². The van der Waals surface area contributed by atoms with E-state index in [1.54, 1.807) is 0 Å². The third kappa shape index (κ3) is 6.03. The second-order valence-corrected chi connectivity index (χ2v) is 2.53. The van der Waals surface area contributed by atoms with Crippen LogP contribution in [0.15, 0.2) is 0 Å². The van der Waals surface area contributed by atoms with Gasteiger partial charge in [0.25, 0.3) is 0 Å². The van der Waals surface area contributed by atoms with E-state index < -0.39 is 30.4 Å². The van der Waals surface area contributed by atoms with Gasteiger partial charge in [-0.1, -0.05) is 0 Å². The van der Waals surface area contributed by atoms with Gasteiger partial charge in [-0.25, -0.2) is 4.79 Å². The summed E-state index contributed by atoms with van der Waals surface area (Å²) in [6.07, 6.45) is -8.14. The van der Waals surface area contributed by atoms with Crippen LogP contribution in [0.4, 0.5) is 0 Å². The zero-order chi connectivity index (χ0) is 13.3. The van der Waals surface area contributed by atoms with Crippen LogP contribution in [0.3, 0.4) is 0 Å². The normalized spacial score (nSPS) is 17.0. The van der Waals surface area contributed by atoms with Crippen LogP contribution >= 0.6 is 0 Å². The Morgan fingerprint density at radius 3 is 1.69 bits per heavy atom. The van der Waals surface area contributed by atoms with Crippen molar-refractivity contribution in [3.63, 3.8) is 0 Å². The number of carbonyl (C=O) groups excluding carboxylic acids is 2. The Balaban J connectivity index is 0. The van der Waals surface area contributed by atoms with Crippen molar-refractivity contribution < 1.29 is 39.9 Å². The van der Waals surface area contributed by atoms with Crippen molar-refractivity contribution in [3.8, 4) is 0 Å². The summed E-state index contributed by atoms with van der Waals surface area (Å²) in [6.45, 7) is 0. The van der Waals surface area contributed by atoms with E-state index in [4.69, 9.17) is 30.3 Å². The lowest BCUT2D eigenvalue weighted by atomic mass is 10.0. The minimum atomic E-state index is -2.25. The molecule has 4 atom stereocenters. The minimum Gasteiger partial charge on any atom is -0.479 e. The number of carboxylic acid groups (broad SMARTS) is 1. The average molecular weight is 239 g/mol. The Hall–Kier alpha value is -1.55. The molecule has 0 aliphatic heterocycles. The number of carboxylic acids is 1. The molecule has 9 heteroatoms. The lowest BCUT2D eigenvalue weighted by Crippen LogP contribution is -2.48. The maximum Gasteiger partial charge on any atom is 0.335 e. The van der Waals surface area contributed by atoms with E-state index in [2.05, 4.69) is 5.73 Å². The highest BCUT2D eigenvalue weighted by molar-refractivity contribution is 5.73. The number of nitrogens with two attached hydrogens (primary N) is 1. The van der Waals surface area contributed by atoms with Crippen LogP contribution in [-0.2, 0) is 14.4 Å². The Kier molecular flexibility index (Phi) is 9.21. The van der Waals surface area contributed by atoms with Crippen LogP contribution in [0.1, 0.15) is 0 Å². The fourth-order valence-corrected chi connectivity index (χ4v) is 0.615. The number of aliphatic hydroxyl groups is 4. The predicted molar refractivity (Wildman–Crippen MR) is 48.0 cm³/mol. The Morgan fingerprint density at radius 2 is 1.44 bits per heavy atom. The predicted octanol–water partition coefficient (Wildman–Crippen LogP) is -4.18. The molecule has 0 radical (unpaired) electrons. The topological polar surface area (TPSA) is 178 Å². The number of rotatable bonds is 5. The van der Waals surface area contributed by atoms with Gasteiger partial charge >= 0.3 is 5.97 Å². The summed E-state index contributed by atoms with van der Waals surface area (Å²) in [7, 11) is 0. The first-order valence-corrected chi connectivity index (χ1v) is 3.89. The van der Waals surface area contributed by atoms with Crippen LogP contribution < -0.4 is 5.73 Å². The van der Waals surface area contributed by atoms with Gasteiger partial charge in [-0.3, -0.25) is 4.79 Å². The maximum atomic E-state index is 10.1. The Labute approximate surface area is 89.7 Å². The summed E-state index contributed by atoms with van der Waals surface area (Å²) in [6, 6.07) is 0. The van der Waals surface area contributed by atoms with Crippen molar-refractivity contribution in [2.45, 2.75) is 24.4 Å². The van der Waals surface area contributed by atoms with Gasteiger partial charge in [0.2, 0.25) is 6.41 Å². The van der Waals surface area contributed by atoms with Gasteiger partial charge in [-0.15, -0.1) is 0 Å². The smallest absolute Gasteiger partial charge is 0.335 e. The second kappa shape index (κ2) is 8.73. The van der Waals surface area contributed by atoms with Gasteiger partial charge in [0.1, 0.15) is 18.3 Å². The molecule has 0 aliphatic rings. The SMILES string of the molecule is NC=O.O=CC(O)C(O)C(O)C(O)C(=O)O. The number of carbonyl (C=O) groups is 3. The minimum absolute atomic E-state index is 0.0809. The quantitative estimate of drug-likeness (QED) is 0.261. The molecule has 0 aromatic heterocycles. The highest BCUT2D eigenvalue weighted by atomic mass is 16.4. The number of primary amides is 1. The van der Waals surface area contributed by atoms with Gasteiger partial charge in [-0.2, -0.15) is 0 Å². The lowest BCUT2D eigenvalue weighted by Gasteiger charge is -2.21.